The first kappa shape index (κ1) is 21.3. The van der Waals surface area contributed by atoms with Crippen LogP contribution in [-0.2, 0) is 13.1 Å². The molecule has 2 atom stereocenters. The van der Waals surface area contributed by atoms with Crippen molar-refractivity contribution in [3.05, 3.63) is 107 Å². The van der Waals surface area contributed by atoms with Crippen LogP contribution in [0.2, 0.25) is 0 Å². The van der Waals surface area contributed by atoms with Crippen molar-refractivity contribution in [3.8, 4) is 6.07 Å². The van der Waals surface area contributed by atoms with Crippen LogP contribution >= 0.6 is 15.9 Å². The van der Waals surface area contributed by atoms with Crippen molar-refractivity contribution in [2.75, 3.05) is 6.54 Å². The molecular formula is C26H27BrN2. The molecular weight excluding hydrogens is 420 g/mol. The van der Waals surface area contributed by atoms with Crippen LogP contribution in [0, 0.1) is 18.3 Å². The summed E-state index contributed by atoms with van der Waals surface area (Å²) < 4.78 is 0. The second-order valence-corrected chi connectivity index (χ2v) is 8.86. The number of halogens is 1. The fraction of sp³-hybridized carbons (Fsp3) is 0.269. The molecule has 0 aliphatic rings. The fourth-order valence-electron chi connectivity index (χ4n) is 3.54. The molecule has 148 valence electrons. The zero-order valence-electron chi connectivity index (χ0n) is 16.8. The molecule has 0 N–H and O–H groups in total. The smallest absolute Gasteiger partial charge is 0.0723 e. The lowest BCUT2D eigenvalue weighted by molar-refractivity contribution is 0.255. The lowest BCUT2D eigenvalue weighted by Crippen LogP contribution is -2.30. The van der Waals surface area contributed by atoms with Crippen molar-refractivity contribution >= 4 is 15.9 Å². The molecule has 3 aromatic rings. The average molecular weight is 447 g/mol. The maximum absolute atomic E-state index is 9.67. The Morgan fingerprint density at radius 1 is 0.828 bits per heavy atom. The van der Waals surface area contributed by atoms with Crippen LogP contribution in [0.15, 0.2) is 84.9 Å². The molecule has 0 fully saturated rings. The van der Waals surface area contributed by atoms with E-state index in [1.807, 2.05) is 30.3 Å². The zero-order chi connectivity index (χ0) is 20.5. The Morgan fingerprint density at radius 2 is 1.38 bits per heavy atom. The summed E-state index contributed by atoms with van der Waals surface area (Å²) in [5.74, 6) is -0.0986. The summed E-state index contributed by atoms with van der Waals surface area (Å²) in [5, 5.41) is 9.67. The molecule has 2 unspecified atom stereocenters. The van der Waals surface area contributed by atoms with Crippen molar-refractivity contribution in [1.29, 1.82) is 5.26 Å². The first-order valence-corrected chi connectivity index (χ1v) is 11.0. The van der Waals surface area contributed by atoms with Gasteiger partial charge in [-0.2, -0.15) is 5.26 Å². The van der Waals surface area contributed by atoms with Crippen LogP contribution in [0.4, 0.5) is 0 Å². The third-order valence-electron chi connectivity index (χ3n) is 5.08. The summed E-state index contributed by atoms with van der Waals surface area (Å²) in [6.07, 6.45) is 0.791. The van der Waals surface area contributed by atoms with Gasteiger partial charge in [-0.1, -0.05) is 106 Å². The molecule has 3 rings (SSSR count). The van der Waals surface area contributed by atoms with Gasteiger partial charge in [0.1, 0.15) is 0 Å². The summed E-state index contributed by atoms with van der Waals surface area (Å²) >= 11 is 3.86. The van der Waals surface area contributed by atoms with Gasteiger partial charge in [-0.15, -0.1) is 0 Å². The Labute approximate surface area is 182 Å². The monoisotopic (exact) mass is 446 g/mol. The maximum Gasteiger partial charge on any atom is 0.0723 e. The van der Waals surface area contributed by atoms with Gasteiger partial charge in [0.05, 0.1) is 12.0 Å². The predicted octanol–water partition coefficient (Wildman–Crippen LogP) is 6.46. The van der Waals surface area contributed by atoms with Gasteiger partial charge < -0.3 is 0 Å². The van der Waals surface area contributed by atoms with Gasteiger partial charge in [-0.3, -0.25) is 4.90 Å². The van der Waals surface area contributed by atoms with E-state index in [0.29, 0.717) is 0 Å². The van der Waals surface area contributed by atoms with E-state index in [0.717, 1.165) is 31.6 Å². The molecule has 0 aromatic heterocycles. The fourth-order valence-corrected chi connectivity index (χ4v) is 4.32. The van der Waals surface area contributed by atoms with Crippen molar-refractivity contribution < 1.29 is 0 Å². The van der Waals surface area contributed by atoms with Crippen LogP contribution in [0.1, 0.15) is 34.6 Å². The molecule has 0 aliphatic carbocycles. The SMILES string of the molecule is Cc1ccc(CN(Cc2ccccc2)CC(Br)CC(C#N)c2ccccc2)cc1. The van der Waals surface area contributed by atoms with E-state index in [2.05, 4.69) is 88.4 Å². The zero-order valence-corrected chi connectivity index (χ0v) is 18.4. The summed E-state index contributed by atoms with van der Waals surface area (Å²) in [5.41, 5.74) is 4.99. The quantitative estimate of drug-likeness (QED) is 0.352. The number of hydrogen-bond acceptors (Lipinski definition) is 2. The normalized spacial score (nSPS) is 13.0. The van der Waals surface area contributed by atoms with Crippen LogP contribution in [0.3, 0.4) is 0 Å². The van der Waals surface area contributed by atoms with Crippen molar-refractivity contribution in [2.45, 2.75) is 37.2 Å². The first-order chi connectivity index (χ1) is 14.1. The largest absolute Gasteiger partial charge is 0.294 e. The second kappa shape index (κ2) is 11.0. The minimum atomic E-state index is -0.0986. The number of aryl methyl sites for hydroxylation is 1. The minimum Gasteiger partial charge on any atom is -0.294 e. The van der Waals surface area contributed by atoms with E-state index < -0.39 is 0 Å². The lowest BCUT2D eigenvalue weighted by atomic mass is 9.95. The molecule has 3 heteroatoms. The summed E-state index contributed by atoms with van der Waals surface area (Å²) in [7, 11) is 0. The third kappa shape index (κ3) is 6.85. The number of alkyl halides is 1. The Hall–Kier alpha value is -2.41. The standard InChI is InChI=1S/C26H27BrN2/c1-21-12-14-23(15-13-21)19-29(18-22-8-4-2-5-9-22)20-26(27)16-25(17-28)24-10-6-3-7-11-24/h2-15,25-26H,16,18-20H2,1H3. The third-order valence-corrected chi connectivity index (χ3v) is 5.74. The van der Waals surface area contributed by atoms with Crippen molar-refractivity contribution in [3.63, 3.8) is 0 Å². The van der Waals surface area contributed by atoms with Crippen LogP contribution in [-0.4, -0.2) is 16.3 Å². The van der Waals surface area contributed by atoms with E-state index in [1.54, 1.807) is 0 Å². The summed E-state index contributed by atoms with van der Waals surface area (Å²) in [6, 6.07) is 31.9. The second-order valence-electron chi connectivity index (χ2n) is 7.57. The van der Waals surface area contributed by atoms with Crippen molar-refractivity contribution in [1.82, 2.24) is 4.90 Å². The minimum absolute atomic E-state index is 0.0986. The molecule has 0 spiro atoms. The number of nitriles is 1. The number of benzene rings is 3. The Kier molecular flexibility index (Phi) is 8.04. The van der Waals surface area contributed by atoms with E-state index in [4.69, 9.17) is 0 Å². The molecule has 0 amide bonds. The highest BCUT2D eigenvalue weighted by atomic mass is 79.9. The summed E-state index contributed by atoms with van der Waals surface area (Å²) in [6.45, 7) is 4.78. The Morgan fingerprint density at radius 3 is 1.97 bits per heavy atom. The molecule has 0 saturated carbocycles. The van der Waals surface area contributed by atoms with Gasteiger partial charge in [-0.25, -0.2) is 0 Å². The Balaban J connectivity index is 1.69. The van der Waals surface area contributed by atoms with Crippen molar-refractivity contribution in [2.24, 2.45) is 0 Å². The number of rotatable bonds is 9. The molecule has 3 aromatic carbocycles. The number of hydrogen-bond donors (Lipinski definition) is 0. The topological polar surface area (TPSA) is 27.0 Å². The van der Waals surface area contributed by atoms with E-state index in [1.165, 1.54) is 16.7 Å². The highest BCUT2D eigenvalue weighted by Gasteiger charge is 2.19. The predicted molar refractivity (Wildman–Crippen MR) is 124 cm³/mol. The van der Waals surface area contributed by atoms with Crippen LogP contribution < -0.4 is 0 Å². The average Bonchev–Trinajstić information content (AvgIpc) is 2.75. The van der Waals surface area contributed by atoms with Crippen LogP contribution in [0.25, 0.3) is 0 Å². The molecule has 2 nitrogen and oxygen atoms in total. The van der Waals surface area contributed by atoms with E-state index in [-0.39, 0.29) is 10.7 Å². The molecule has 29 heavy (non-hydrogen) atoms. The molecule has 0 heterocycles. The summed E-state index contributed by atoms with van der Waals surface area (Å²) in [4.78, 5) is 2.69. The van der Waals surface area contributed by atoms with Gasteiger partial charge >= 0.3 is 0 Å². The van der Waals surface area contributed by atoms with Gasteiger partial charge in [0.25, 0.3) is 0 Å². The Bertz CT molecular complexity index is 901. The van der Waals surface area contributed by atoms with Gasteiger partial charge in [0, 0.05) is 24.5 Å². The molecule has 0 radical (unpaired) electrons. The lowest BCUT2D eigenvalue weighted by Gasteiger charge is -2.26. The highest BCUT2D eigenvalue weighted by molar-refractivity contribution is 9.09. The molecule has 0 bridgehead atoms. The maximum atomic E-state index is 9.67. The van der Waals surface area contributed by atoms with E-state index >= 15 is 0 Å². The van der Waals surface area contributed by atoms with Crippen LogP contribution in [0.5, 0.6) is 0 Å². The van der Waals surface area contributed by atoms with E-state index in [9.17, 15) is 5.26 Å². The van der Waals surface area contributed by atoms with Gasteiger partial charge in [-0.05, 0) is 30.0 Å². The van der Waals surface area contributed by atoms with Gasteiger partial charge in [0.15, 0.2) is 0 Å². The van der Waals surface area contributed by atoms with Gasteiger partial charge in [0.2, 0.25) is 0 Å². The molecule has 0 aliphatic heterocycles. The highest BCUT2D eigenvalue weighted by Crippen LogP contribution is 2.25. The first-order valence-electron chi connectivity index (χ1n) is 10.0. The molecule has 0 saturated heterocycles. The number of nitrogens with zero attached hydrogens (tertiary/aromatic N) is 2.